The van der Waals surface area contributed by atoms with E-state index in [0.717, 1.165) is 16.9 Å². The van der Waals surface area contributed by atoms with Gasteiger partial charge in [0.2, 0.25) is 10.0 Å². The number of hydrogen-bond donors (Lipinski definition) is 1. The van der Waals surface area contributed by atoms with Crippen LogP contribution < -0.4 is 4.72 Å². The van der Waals surface area contributed by atoms with Crippen molar-refractivity contribution in [1.82, 2.24) is 9.38 Å². The Morgan fingerprint density at radius 1 is 1.00 bits per heavy atom. The minimum atomic E-state index is -3.54. The van der Waals surface area contributed by atoms with Crippen molar-refractivity contribution in [1.29, 1.82) is 0 Å². The summed E-state index contributed by atoms with van der Waals surface area (Å²) in [6.45, 7) is 0. The van der Waals surface area contributed by atoms with Crippen LogP contribution in [0.4, 0.5) is 5.69 Å². The third-order valence-corrected chi connectivity index (χ3v) is 5.58. The average molecular weight is 398 g/mol. The molecular formula is C20H16ClN3O2S. The second kappa shape index (κ2) is 7.06. The molecule has 2 aromatic heterocycles. The first-order valence-corrected chi connectivity index (χ1v) is 10.3. The summed E-state index contributed by atoms with van der Waals surface area (Å²) in [5, 5.41) is 0.573. The molecule has 1 N–H and O–H groups in total. The second-order valence-electron chi connectivity index (χ2n) is 6.16. The highest BCUT2D eigenvalue weighted by molar-refractivity contribution is 7.91. The van der Waals surface area contributed by atoms with Crippen molar-refractivity contribution in [3.05, 3.63) is 89.7 Å². The fraction of sp³-hybridized carbons (Fsp3) is 0.0500. The van der Waals surface area contributed by atoms with Crippen molar-refractivity contribution in [2.75, 3.05) is 4.72 Å². The van der Waals surface area contributed by atoms with E-state index in [0.29, 0.717) is 16.3 Å². The molecule has 0 bridgehead atoms. The van der Waals surface area contributed by atoms with Crippen molar-refractivity contribution in [2.24, 2.45) is 0 Å². The minimum Gasteiger partial charge on any atom is -0.306 e. The minimum absolute atomic E-state index is 0.122. The molecule has 0 aliphatic rings. The molecule has 0 saturated carbocycles. The maximum atomic E-state index is 12.5. The van der Waals surface area contributed by atoms with E-state index < -0.39 is 10.0 Å². The highest BCUT2D eigenvalue weighted by Gasteiger charge is 2.13. The van der Waals surface area contributed by atoms with Gasteiger partial charge < -0.3 is 4.40 Å². The third-order valence-electron chi connectivity index (χ3n) is 4.07. The van der Waals surface area contributed by atoms with E-state index in [1.54, 1.807) is 42.5 Å². The molecule has 136 valence electrons. The molecule has 0 unspecified atom stereocenters. The third kappa shape index (κ3) is 4.13. The Kier molecular flexibility index (Phi) is 4.59. The van der Waals surface area contributed by atoms with Crippen LogP contribution in [0.25, 0.3) is 16.9 Å². The van der Waals surface area contributed by atoms with Gasteiger partial charge in [0.1, 0.15) is 5.65 Å². The van der Waals surface area contributed by atoms with Gasteiger partial charge in [0.05, 0.1) is 11.4 Å². The topological polar surface area (TPSA) is 63.5 Å². The van der Waals surface area contributed by atoms with Crippen LogP contribution in [0.5, 0.6) is 0 Å². The molecule has 0 aliphatic carbocycles. The van der Waals surface area contributed by atoms with Crippen molar-refractivity contribution >= 4 is 33.0 Å². The first-order chi connectivity index (χ1) is 13.0. The molecule has 4 rings (SSSR count). The smallest absolute Gasteiger partial charge is 0.236 e. The van der Waals surface area contributed by atoms with E-state index in [1.807, 2.05) is 41.1 Å². The molecule has 4 aromatic rings. The molecule has 5 nitrogen and oxygen atoms in total. The second-order valence-corrected chi connectivity index (χ2v) is 8.32. The van der Waals surface area contributed by atoms with Gasteiger partial charge in [-0.1, -0.05) is 41.9 Å². The van der Waals surface area contributed by atoms with Crippen LogP contribution in [0, 0.1) is 0 Å². The number of halogens is 1. The fourth-order valence-electron chi connectivity index (χ4n) is 2.83. The zero-order valence-electron chi connectivity index (χ0n) is 14.2. The lowest BCUT2D eigenvalue weighted by Gasteiger charge is -2.09. The van der Waals surface area contributed by atoms with Crippen LogP contribution in [0.1, 0.15) is 5.56 Å². The molecule has 0 saturated heterocycles. The van der Waals surface area contributed by atoms with Crippen LogP contribution in [-0.4, -0.2) is 17.8 Å². The number of benzene rings is 2. The van der Waals surface area contributed by atoms with E-state index in [1.165, 1.54) is 0 Å². The quantitative estimate of drug-likeness (QED) is 0.535. The highest BCUT2D eigenvalue weighted by atomic mass is 35.5. The number of pyridine rings is 1. The van der Waals surface area contributed by atoms with E-state index >= 15 is 0 Å². The Balaban J connectivity index is 1.57. The number of fused-ring (bicyclic) bond motifs is 1. The molecule has 0 amide bonds. The number of nitrogens with zero attached hydrogens (tertiary/aromatic N) is 2. The van der Waals surface area contributed by atoms with Gasteiger partial charge in [-0.15, -0.1) is 0 Å². The van der Waals surface area contributed by atoms with Gasteiger partial charge in [-0.05, 0) is 42.0 Å². The van der Waals surface area contributed by atoms with E-state index in [2.05, 4.69) is 9.71 Å². The van der Waals surface area contributed by atoms with Crippen molar-refractivity contribution in [2.45, 2.75) is 5.75 Å². The maximum absolute atomic E-state index is 12.5. The number of sulfonamides is 1. The molecule has 0 fully saturated rings. The summed E-state index contributed by atoms with van der Waals surface area (Å²) in [6.07, 6.45) is 3.83. The van der Waals surface area contributed by atoms with Crippen LogP contribution >= 0.6 is 11.6 Å². The Bertz CT molecular complexity index is 1170. The summed E-state index contributed by atoms with van der Waals surface area (Å²) in [5.41, 5.74) is 3.62. The van der Waals surface area contributed by atoms with Gasteiger partial charge in [0.25, 0.3) is 0 Å². The lowest BCUT2D eigenvalue weighted by atomic mass is 10.1. The zero-order chi connectivity index (χ0) is 18.9. The van der Waals surface area contributed by atoms with Crippen molar-refractivity contribution in [3.8, 4) is 11.3 Å². The van der Waals surface area contributed by atoms with Gasteiger partial charge in [0, 0.05) is 28.7 Å². The number of imidazole rings is 1. The molecule has 0 radical (unpaired) electrons. The van der Waals surface area contributed by atoms with Crippen LogP contribution in [-0.2, 0) is 15.8 Å². The predicted octanol–water partition coefficient (Wildman–Crippen LogP) is 4.60. The lowest BCUT2D eigenvalue weighted by molar-refractivity contribution is 0.600. The highest BCUT2D eigenvalue weighted by Crippen LogP contribution is 2.23. The summed E-state index contributed by atoms with van der Waals surface area (Å²) < 4.78 is 29.5. The van der Waals surface area contributed by atoms with Crippen LogP contribution in [0.3, 0.4) is 0 Å². The number of hydrogen-bond acceptors (Lipinski definition) is 3. The van der Waals surface area contributed by atoms with Gasteiger partial charge in [-0.2, -0.15) is 0 Å². The molecular weight excluding hydrogens is 382 g/mol. The molecule has 0 atom stereocenters. The molecule has 27 heavy (non-hydrogen) atoms. The van der Waals surface area contributed by atoms with E-state index in [4.69, 9.17) is 11.6 Å². The summed E-state index contributed by atoms with van der Waals surface area (Å²) in [4.78, 5) is 4.57. The van der Waals surface area contributed by atoms with Crippen LogP contribution in [0.15, 0.2) is 79.1 Å². The Morgan fingerprint density at radius 3 is 2.59 bits per heavy atom. The van der Waals surface area contributed by atoms with Crippen molar-refractivity contribution in [3.63, 3.8) is 0 Å². The van der Waals surface area contributed by atoms with Crippen molar-refractivity contribution < 1.29 is 8.42 Å². The summed E-state index contributed by atoms with van der Waals surface area (Å²) in [7, 11) is -3.54. The predicted molar refractivity (Wildman–Crippen MR) is 108 cm³/mol. The molecule has 2 aromatic carbocycles. The SMILES string of the molecule is O=S(=O)(Cc1ccc(Cl)cc1)Nc1cccc(-c2cn3ccccc3n2)c1. The summed E-state index contributed by atoms with van der Waals surface area (Å²) in [6, 6.07) is 19.7. The monoisotopic (exact) mass is 397 g/mol. The molecule has 2 heterocycles. The lowest BCUT2D eigenvalue weighted by Crippen LogP contribution is -2.15. The molecule has 0 spiro atoms. The maximum Gasteiger partial charge on any atom is 0.236 e. The number of aromatic nitrogens is 2. The summed E-state index contributed by atoms with van der Waals surface area (Å²) in [5.74, 6) is -0.122. The van der Waals surface area contributed by atoms with Gasteiger partial charge in [-0.25, -0.2) is 13.4 Å². The Labute approximate surface area is 162 Å². The average Bonchev–Trinajstić information content (AvgIpc) is 3.07. The van der Waals surface area contributed by atoms with E-state index in [-0.39, 0.29) is 5.75 Å². The first kappa shape index (κ1) is 17.6. The van der Waals surface area contributed by atoms with Crippen LogP contribution in [0.2, 0.25) is 5.02 Å². The summed E-state index contributed by atoms with van der Waals surface area (Å²) >= 11 is 5.84. The number of rotatable bonds is 5. The van der Waals surface area contributed by atoms with Gasteiger partial charge in [0.15, 0.2) is 0 Å². The first-order valence-electron chi connectivity index (χ1n) is 8.28. The molecule has 0 aliphatic heterocycles. The largest absolute Gasteiger partial charge is 0.306 e. The Hall–Kier alpha value is -2.83. The Morgan fingerprint density at radius 2 is 1.81 bits per heavy atom. The standard InChI is InChI=1S/C20H16ClN3O2S/c21-17-9-7-15(8-10-17)14-27(25,26)23-18-5-3-4-16(12-18)19-13-24-11-2-1-6-20(24)22-19/h1-13,23H,14H2. The number of nitrogens with one attached hydrogen (secondary N) is 1. The van der Waals surface area contributed by atoms with Gasteiger partial charge >= 0.3 is 0 Å². The van der Waals surface area contributed by atoms with Gasteiger partial charge in [-0.3, -0.25) is 4.72 Å². The van der Waals surface area contributed by atoms with E-state index in [9.17, 15) is 8.42 Å². The zero-order valence-corrected chi connectivity index (χ0v) is 15.8. The number of anilines is 1. The fourth-order valence-corrected chi connectivity index (χ4v) is 4.15. The normalized spacial score (nSPS) is 11.6. The molecule has 7 heteroatoms.